The first-order valence-electron chi connectivity index (χ1n) is 4.50. The van der Waals surface area contributed by atoms with Gasteiger partial charge in [-0.15, -0.1) is 0 Å². The second kappa shape index (κ2) is 3.12. The molecule has 0 radical (unpaired) electrons. The van der Waals surface area contributed by atoms with Gasteiger partial charge >= 0.3 is 5.69 Å². The van der Waals surface area contributed by atoms with Gasteiger partial charge in [0.15, 0.2) is 0 Å². The molecule has 0 aliphatic heterocycles. The highest BCUT2D eigenvalue weighted by atomic mass is 19.1. The summed E-state index contributed by atoms with van der Waals surface area (Å²) in [5.74, 6) is -0.884. The van der Waals surface area contributed by atoms with Crippen molar-refractivity contribution in [3.8, 4) is 0 Å². The van der Waals surface area contributed by atoms with E-state index < -0.39 is 21.8 Å². The van der Waals surface area contributed by atoms with Crippen LogP contribution in [-0.2, 0) is 10.2 Å². The third kappa shape index (κ3) is 1.49. The SMILES string of the molecule is O=CC1(c2ccc([N+](=O)[O-])c(F)c2)CC1. The number of benzene rings is 1. The zero-order valence-electron chi connectivity index (χ0n) is 7.77. The van der Waals surface area contributed by atoms with E-state index in [4.69, 9.17) is 0 Å². The highest BCUT2D eigenvalue weighted by molar-refractivity contribution is 5.73. The van der Waals surface area contributed by atoms with Gasteiger partial charge < -0.3 is 4.79 Å². The Balaban J connectivity index is 2.42. The molecular formula is C10H8FNO3. The first kappa shape index (κ1) is 9.76. The van der Waals surface area contributed by atoms with Crippen LogP contribution >= 0.6 is 0 Å². The Morgan fingerprint density at radius 3 is 2.53 bits per heavy atom. The van der Waals surface area contributed by atoms with Crippen molar-refractivity contribution in [1.29, 1.82) is 0 Å². The van der Waals surface area contributed by atoms with Crippen LogP contribution in [0.5, 0.6) is 0 Å². The fraction of sp³-hybridized carbons (Fsp3) is 0.300. The second-order valence-corrected chi connectivity index (χ2v) is 3.70. The van der Waals surface area contributed by atoms with Crippen LogP contribution in [0.1, 0.15) is 18.4 Å². The lowest BCUT2D eigenvalue weighted by Gasteiger charge is -2.06. The summed E-state index contributed by atoms with van der Waals surface area (Å²) in [6.45, 7) is 0. The molecule has 78 valence electrons. The molecule has 0 atom stereocenters. The molecule has 1 aromatic carbocycles. The van der Waals surface area contributed by atoms with E-state index in [0.717, 1.165) is 18.4 Å². The minimum atomic E-state index is -0.884. The van der Waals surface area contributed by atoms with Gasteiger partial charge in [0.1, 0.15) is 6.29 Å². The molecule has 0 N–H and O–H groups in total. The molecule has 1 fully saturated rings. The van der Waals surface area contributed by atoms with Crippen LogP contribution < -0.4 is 0 Å². The molecule has 2 rings (SSSR count). The molecule has 0 aromatic heterocycles. The van der Waals surface area contributed by atoms with Crippen molar-refractivity contribution in [2.75, 3.05) is 0 Å². The summed E-state index contributed by atoms with van der Waals surface area (Å²) < 4.78 is 13.2. The molecule has 15 heavy (non-hydrogen) atoms. The molecule has 0 spiro atoms. The van der Waals surface area contributed by atoms with Crippen LogP contribution in [0.4, 0.5) is 10.1 Å². The number of nitro groups is 1. The third-order valence-corrected chi connectivity index (χ3v) is 2.73. The van der Waals surface area contributed by atoms with Gasteiger partial charge in [-0.25, -0.2) is 0 Å². The maximum atomic E-state index is 13.2. The van der Waals surface area contributed by atoms with E-state index >= 15 is 0 Å². The van der Waals surface area contributed by atoms with Crippen LogP contribution in [0, 0.1) is 15.9 Å². The van der Waals surface area contributed by atoms with Gasteiger partial charge in [-0.05, 0) is 24.5 Å². The summed E-state index contributed by atoms with van der Waals surface area (Å²) in [5, 5.41) is 10.4. The van der Waals surface area contributed by atoms with Gasteiger partial charge in [0.25, 0.3) is 0 Å². The highest BCUT2D eigenvalue weighted by Crippen LogP contribution is 2.46. The first-order chi connectivity index (χ1) is 7.09. The summed E-state index contributed by atoms with van der Waals surface area (Å²) in [4.78, 5) is 20.3. The van der Waals surface area contributed by atoms with E-state index in [-0.39, 0.29) is 0 Å². The van der Waals surface area contributed by atoms with Crippen LogP contribution in [-0.4, -0.2) is 11.2 Å². The molecule has 1 aromatic rings. The Kier molecular flexibility index (Phi) is 2.03. The van der Waals surface area contributed by atoms with Crippen molar-refractivity contribution in [3.05, 3.63) is 39.7 Å². The number of hydrogen-bond donors (Lipinski definition) is 0. The molecule has 0 amide bonds. The Hall–Kier alpha value is -1.78. The second-order valence-electron chi connectivity index (χ2n) is 3.70. The lowest BCUT2D eigenvalue weighted by atomic mass is 9.97. The molecule has 4 nitrogen and oxygen atoms in total. The zero-order valence-corrected chi connectivity index (χ0v) is 7.77. The minimum absolute atomic E-state index is 0.528. The van der Waals surface area contributed by atoms with Crippen LogP contribution in [0.3, 0.4) is 0 Å². The fourth-order valence-electron chi connectivity index (χ4n) is 1.57. The number of nitrogens with zero attached hydrogens (tertiary/aromatic N) is 1. The first-order valence-corrected chi connectivity index (χ1v) is 4.50. The van der Waals surface area contributed by atoms with E-state index in [0.29, 0.717) is 18.4 Å². The van der Waals surface area contributed by atoms with Gasteiger partial charge in [-0.2, -0.15) is 4.39 Å². The predicted octanol–water partition coefficient (Wildman–Crippen LogP) is 1.96. The number of rotatable bonds is 3. The van der Waals surface area contributed by atoms with Gasteiger partial charge in [0, 0.05) is 6.07 Å². The number of nitro benzene ring substituents is 1. The molecule has 1 aliphatic carbocycles. The summed E-state index contributed by atoms with van der Waals surface area (Å²) in [6, 6.07) is 3.64. The van der Waals surface area contributed by atoms with Gasteiger partial charge in [0.05, 0.1) is 10.3 Å². The molecule has 0 saturated heterocycles. The average molecular weight is 209 g/mol. The maximum Gasteiger partial charge on any atom is 0.304 e. The quantitative estimate of drug-likeness (QED) is 0.434. The third-order valence-electron chi connectivity index (χ3n) is 2.73. The van der Waals surface area contributed by atoms with Crippen molar-refractivity contribution >= 4 is 12.0 Å². The Bertz CT molecular complexity index is 440. The van der Waals surface area contributed by atoms with E-state index in [1.807, 2.05) is 0 Å². The molecule has 1 saturated carbocycles. The van der Waals surface area contributed by atoms with Crippen LogP contribution in [0.15, 0.2) is 18.2 Å². The van der Waals surface area contributed by atoms with Crippen molar-refractivity contribution < 1.29 is 14.1 Å². The van der Waals surface area contributed by atoms with E-state index in [1.54, 1.807) is 0 Å². The van der Waals surface area contributed by atoms with Crippen molar-refractivity contribution in [2.45, 2.75) is 18.3 Å². The predicted molar refractivity (Wildman–Crippen MR) is 50.0 cm³/mol. The van der Waals surface area contributed by atoms with Crippen molar-refractivity contribution in [1.82, 2.24) is 0 Å². The normalized spacial score (nSPS) is 17.1. The summed E-state index contributed by atoms with van der Waals surface area (Å²) in [6.07, 6.45) is 2.16. The highest BCUT2D eigenvalue weighted by Gasteiger charge is 2.44. The number of carbonyl (C=O) groups excluding carboxylic acids is 1. The number of aldehydes is 1. The van der Waals surface area contributed by atoms with Crippen LogP contribution in [0.25, 0.3) is 0 Å². The summed E-state index contributed by atoms with van der Waals surface area (Å²) in [7, 11) is 0. The lowest BCUT2D eigenvalue weighted by molar-refractivity contribution is -0.387. The molecule has 0 heterocycles. The van der Waals surface area contributed by atoms with Crippen molar-refractivity contribution in [3.63, 3.8) is 0 Å². The summed E-state index contributed by atoms with van der Waals surface area (Å²) >= 11 is 0. The number of carbonyl (C=O) groups is 1. The van der Waals surface area contributed by atoms with Crippen LogP contribution in [0.2, 0.25) is 0 Å². The van der Waals surface area contributed by atoms with Crippen molar-refractivity contribution in [2.24, 2.45) is 0 Å². The molecule has 0 unspecified atom stereocenters. The van der Waals surface area contributed by atoms with E-state index in [9.17, 15) is 19.3 Å². The Morgan fingerprint density at radius 2 is 2.13 bits per heavy atom. The van der Waals surface area contributed by atoms with E-state index in [2.05, 4.69) is 0 Å². The minimum Gasteiger partial charge on any atom is -0.302 e. The molecular weight excluding hydrogens is 201 g/mol. The molecule has 1 aliphatic rings. The van der Waals surface area contributed by atoms with E-state index in [1.165, 1.54) is 6.07 Å². The molecule has 0 bridgehead atoms. The average Bonchev–Trinajstić information content (AvgIpc) is 2.97. The Morgan fingerprint density at radius 1 is 1.47 bits per heavy atom. The summed E-state index contributed by atoms with van der Waals surface area (Å²) in [5.41, 5.74) is -0.614. The smallest absolute Gasteiger partial charge is 0.302 e. The zero-order chi connectivity index (χ0) is 11.1. The monoisotopic (exact) mass is 209 g/mol. The Labute approximate surface area is 84.9 Å². The van der Waals surface area contributed by atoms with Gasteiger partial charge in [0.2, 0.25) is 5.82 Å². The maximum absolute atomic E-state index is 13.2. The van der Waals surface area contributed by atoms with Gasteiger partial charge in [-0.1, -0.05) is 6.07 Å². The standard InChI is InChI=1S/C10H8FNO3/c11-8-5-7(10(6-13)3-4-10)1-2-9(8)12(14)15/h1-2,5-6H,3-4H2. The van der Waals surface area contributed by atoms with Gasteiger partial charge in [-0.3, -0.25) is 10.1 Å². The molecule has 5 heteroatoms. The lowest BCUT2D eigenvalue weighted by Crippen LogP contribution is -2.08. The number of hydrogen-bond acceptors (Lipinski definition) is 3. The fourth-order valence-corrected chi connectivity index (χ4v) is 1.57. The topological polar surface area (TPSA) is 60.2 Å². The number of halogens is 1. The largest absolute Gasteiger partial charge is 0.304 e.